The SMILES string of the molecule is CCNC(=NCc1ncc(CC)s1)NCC(c1ccc(OC)cc1)N(C)C. The maximum atomic E-state index is 5.26. The number of aryl methyl sites for hydroxylation is 1. The standard InChI is InChI=1S/C20H31N5OS/c1-6-17-12-22-19(27-17)14-24-20(21-7-2)23-13-18(25(3)4)15-8-10-16(26-5)11-9-15/h8-12,18H,6-7,13-14H2,1-5H3,(H2,21,23,24). The second-order valence-electron chi connectivity index (χ2n) is 6.40. The molecule has 1 heterocycles. The lowest BCUT2D eigenvalue weighted by Crippen LogP contribution is -2.41. The smallest absolute Gasteiger partial charge is 0.191 e. The molecule has 0 aliphatic heterocycles. The van der Waals surface area contributed by atoms with Gasteiger partial charge in [0.2, 0.25) is 0 Å². The Morgan fingerprint density at radius 1 is 1.22 bits per heavy atom. The molecule has 0 radical (unpaired) electrons. The first kappa shape index (κ1) is 21.2. The molecule has 2 N–H and O–H groups in total. The van der Waals surface area contributed by atoms with Gasteiger partial charge in [0, 0.05) is 24.2 Å². The average Bonchev–Trinajstić information content (AvgIpc) is 3.14. The molecule has 0 aliphatic rings. The van der Waals surface area contributed by atoms with E-state index in [1.807, 2.05) is 18.3 Å². The number of likely N-dealkylation sites (N-methyl/N-ethyl adjacent to an activating group) is 1. The van der Waals surface area contributed by atoms with E-state index in [4.69, 9.17) is 4.74 Å². The van der Waals surface area contributed by atoms with Crippen molar-refractivity contribution in [2.45, 2.75) is 32.9 Å². The van der Waals surface area contributed by atoms with Gasteiger partial charge in [-0.3, -0.25) is 0 Å². The van der Waals surface area contributed by atoms with Crippen LogP contribution in [0.1, 0.15) is 35.3 Å². The summed E-state index contributed by atoms with van der Waals surface area (Å²) < 4.78 is 5.26. The summed E-state index contributed by atoms with van der Waals surface area (Å²) in [4.78, 5) is 12.6. The summed E-state index contributed by atoms with van der Waals surface area (Å²) in [6, 6.07) is 8.44. The number of hydrogen-bond donors (Lipinski definition) is 2. The Morgan fingerprint density at radius 3 is 2.52 bits per heavy atom. The summed E-state index contributed by atoms with van der Waals surface area (Å²) in [5.74, 6) is 1.68. The topological polar surface area (TPSA) is 61.8 Å². The van der Waals surface area contributed by atoms with Gasteiger partial charge >= 0.3 is 0 Å². The number of aliphatic imine (C=N–C) groups is 1. The molecule has 0 amide bonds. The summed E-state index contributed by atoms with van der Waals surface area (Å²) in [6.45, 7) is 6.38. The highest BCUT2D eigenvalue weighted by Crippen LogP contribution is 2.20. The van der Waals surface area contributed by atoms with Crippen LogP contribution in [0.4, 0.5) is 0 Å². The van der Waals surface area contributed by atoms with E-state index in [0.717, 1.165) is 36.2 Å². The lowest BCUT2D eigenvalue weighted by Gasteiger charge is -2.26. The molecule has 0 saturated heterocycles. The minimum absolute atomic E-state index is 0.228. The van der Waals surface area contributed by atoms with Gasteiger partial charge in [-0.1, -0.05) is 19.1 Å². The van der Waals surface area contributed by atoms with Crippen molar-refractivity contribution in [2.75, 3.05) is 34.3 Å². The summed E-state index contributed by atoms with van der Waals surface area (Å²) in [7, 11) is 5.86. The van der Waals surface area contributed by atoms with E-state index in [9.17, 15) is 0 Å². The molecule has 0 saturated carbocycles. The Morgan fingerprint density at radius 2 is 1.96 bits per heavy atom. The quantitative estimate of drug-likeness (QED) is 0.510. The van der Waals surface area contributed by atoms with Crippen molar-refractivity contribution in [3.63, 3.8) is 0 Å². The predicted octanol–water partition coefficient (Wildman–Crippen LogP) is 3.07. The second-order valence-corrected chi connectivity index (χ2v) is 7.60. The van der Waals surface area contributed by atoms with Crippen molar-refractivity contribution >= 4 is 17.3 Å². The molecule has 1 atom stereocenters. The number of hydrogen-bond acceptors (Lipinski definition) is 5. The number of rotatable bonds is 9. The van der Waals surface area contributed by atoms with Crippen LogP contribution < -0.4 is 15.4 Å². The van der Waals surface area contributed by atoms with Crippen molar-refractivity contribution in [1.82, 2.24) is 20.5 Å². The Hall–Kier alpha value is -2.12. The van der Waals surface area contributed by atoms with Gasteiger partial charge in [0.15, 0.2) is 5.96 Å². The molecule has 2 rings (SSSR count). The minimum atomic E-state index is 0.228. The highest BCUT2D eigenvalue weighted by atomic mass is 32.1. The zero-order valence-corrected chi connectivity index (χ0v) is 17.8. The van der Waals surface area contributed by atoms with Crippen molar-refractivity contribution in [2.24, 2.45) is 4.99 Å². The number of nitrogens with zero attached hydrogens (tertiary/aromatic N) is 3. The number of thiazole rings is 1. The average molecular weight is 390 g/mol. The van der Waals surface area contributed by atoms with E-state index in [-0.39, 0.29) is 6.04 Å². The van der Waals surface area contributed by atoms with Gasteiger partial charge in [0.05, 0.1) is 19.7 Å². The maximum absolute atomic E-state index is 5.26. The second kappa shape index (κ2) is 10.9. The van der Waals surface area contributed by atoms with Crippen molar-refractivity contribution in [1.29, 1.82) is 0 Å². The molecule has 0 bridgehead atoms. The number of methoxy groups -OCH3 is 1. The molecule has 2 aromatic rings. The largest absolute Gasteiger partial charge is 0.497 e. The fraction of sp³-hybridized carbons (Fsp3) is 0.500. The van der Waals surface area contributed by atoms with Crippen LogP contribution in [-0.2, 0) is 13.0 Å². The molecule has 1 aromatic carbocycles. The molecule has 0 spiro atoms. The van der Waals surface area contributed by atoms with Crippen LogP contribution in [0.15, 0.2) is 35.5 Å². The van der Waals surface area contributed by atoms with Crippen LogP contribution in [0.2, 0.25) is 0 Å². The molecule has 27 heavy (non-hydrogen) atoms. The van der Waals surface area contributed by atoms with Gasteiger partial charge in [-0.05, 0) is 45.1 Å². The summed E-state index contributed by atoms with van der Waals surface area (Å²) >= 11 is 1.73. The zero-order valence-electron chi connectivity index (χ0n) is 17.0. The van der Waals surface area contributed by atoms with Crippen molar-refractivity contribution < 1.29 is 4.74 Å². The maximum Gasteiger partial charge on any atom is 0.191 e. The molecule has 1 aromatic heterocycles. The van der Waals surface area contributed by atoms with Crippen LogP contribution in [0.5, 0.6) is 5.75 Å². The molecule has 1 unspecified atom stereocenters. The van der Waals surface area contributed by atoms with Crippen LogP contribution in [0.25, 0.3) is 0 Å². The normalized spacial score (nSPS) is 12.9. The Bertz CT molecular complexity index is 711. The number of guanidine groups is 1. The van der Waals surface area contributed by atoms with Gasteiger partial charge in [-0.2, -0.15) is 0 Å². The molecular formula is C20H31N5OS. The Balaban J connectivity index is 2.02. The fourth-order valence-electron chi connectivity index (χ4n) is 2.69. The van der Waals surface area contributed by atoms with Gasteiger partial charge in [-0.25, -0.2) is 9.98 Å². The van der Waals surface area contributed by atoms with E-state index >= 15 is 0 Å². The first-order valence-corrected chi connectivity index (χ1v) is 10.1. The van der Waals surface area contributed by atoms with Crippen LogP contribution in [0.3, 0.4) is 0 Å². The first-order valence-electron chi connectivity index (χ1n) is 9.33. The fourth-order valence-corrected chi connectivity index (χ4v) is 3.48. The van der Waals surface area contributed by atoms with Crippen LogP contribution in [0, 0.1) is 0 Å². The van der Waals surface area contributed by atoms with Gasteiger partial charge < -0.3 is 20.3 Å². The number of benzene rings is 1. The molecule has 148 valence electrons. The van der Waals surface area contributed by atoms with E-state index in [0.29, 0.717) is 6.54 Å². The van der Waals surface area contributed by atoms with E-state index < -0.39 is 0 Å². The van der Waals surface area contributed by atoms with Crippen molar-refractivity contribution in [3.05, 3.63) is 45.9 Å². The lowest BCUT2D eigenvalue weighted by atomic mass is 10.1. The van der Waals surface area contributed by atoms with Gasteiger partial charge in [0.1, 0.15) is 10.8 Å². The number of ether oxygens (including phenoxy) is 1. The summed E-state index contributed by atoms with van der Waals surface area (Å²) in [6.07, 6.45) is 2.97. The molecule has 0 fully saturated rings. The van der Waals surface area contributed by atoms with Gasteiger partial charge in [-0.15, -0.1) is 11.3 Å². The van der Waals surface area contributed by atoms with Gasteiger partial charge in [0.25, 0.3) is 0 Å². The molecule has 7 heteroatoms. The van der Waals surface area contributed by atoms with E-state index in [1.165, 1.54) is 10.4 Å². The predicted molar refractivity (Wildman–Crippen MR) is 114 cm³/mol. The lowest BCUT2D eigenvalue weighted by molar-refractivity contribution is 0.298. The number of nitrogens with one attached hydrogen (secondary N) is 2. The summed E-state index contributed by atoms with van der Waals surface area (Å²) in [5.41, 5.74) is 1.23. The first-order chi connectivity index (χ1) is 13.1. The minimum Gasteiger partial charge on any atom is -0.497 e. The third-order valence-electron chi connectivity index (χ3n) is 4.25. The third-order valence-corrected chi connectivity index (χ3v) is 5.38. The van der Waals surface area contributed by atoms with Crippen LogP contribution in [-0.4, -0.2) is 50.1 Å². The monoisotopic (exact) mass is 389 g/mol. The van der Waals surface area contributed by atoms with E-state index in [2.05, 4.69) is 65.6 Å². The molecule has 6 nitrogen and oxygen atoms in total. The Kier molecular flexibility index (Phi) is 8.54. The van der Waals surface area contributed by atoms with E-state index in [1.54, 1.807) is 18.4 Å². The highest BCUT2D eigenvalue weighted by molar-refractivity contribution is 7.11. The molecular weight excluding hydrogens is 358 g/mol. The Labute approximate surface area is 166 Å². The van der Waals surface area contributed by atoms with Crippen LogP contribution >= 0.6 is 11.3 Å². The molecule has 0 aliphatic carbocycles. The number of aromatic nitrogens is 1. The third kappa shape index (κ3) is 6.52. The zero-order chi connectivity index (χ0) is 19.6. The van der Waals surface area contributed by atoms with Crippen molar-refractivity contribution in [3.8, 4) is 5.75 Å². The summed E-state index contributed by atoms with van der Waals surface area (Å²) in [5, 5.41) is 7.82. The highest BCUT2D eigenvalue weighted by Gasteiger charge is 2.15.